The third kappa shape index (κ3) is 3.27. The Morgan fingerprint density at radius 3 is 2.21 bits per heavy atom. The van der Waals surface area contributed by atoms with E-state index in [1.807, 2.05) is 0 Å². The highest BCUT2D eigenvalue weighted by molar-refractivity contribution is 5.66. The summed E-state index contributed by atoms with van der Waals surface area (Å²) < 4.78 is 11.1. The molecule has 1 saturated heterocycles. The molecular weight excluding hydrogens is 184 g/mol. The summed E-state index contributed by atoms with van der Waals surface area (Å²) in [6, 6.07) is 0. The molecule has 0 aliphatic carbocycles. The van der Waals surface area contributed by atoms with Crippen LogP contribution >= 0.6 is 0 Å². The minimum atomic E-state index is -0.816. The highest BCUT2D eigenvalue weighted by Crippen LogP contribution is 2.31. The standard InChI is InChI=1S/C10H18O4/c1-9(2)6-13-10(3,14-7-9)5-4-8(11)12/h4-7H2,1-3H3,(H,11,12). The SMILES string of the molecule is CC1(C)COC(C)(CCC(=O)O)OC1. The Kier molecular flexibility index (Phi) is 3.17. The van der Waals surface area contributed by atoms with Gasteiger partial charge in [-0.2, -0.15) is 0 Å². The quantitative estimate of drug-likeness (QED) is 0.755. The topological polar surface area (TPSA) is 55.8 Å². The molecule has 1 N–H and O–H groups in total. The number of carboxylic acids is 1. The van der Waals surface area contributed by atoms with Gasteiger partial charge in [0.1, 0.15) is 0 Å². The van der Waals surface area contributed by atoms with Gasteiger partial charge in [0, 0.05) is 11.8 Å². The molecule has 1 heterocycles. The summed E-state index contributed by atoms with van der Waals surface area (Å²) in [5.41, 5.74) is 0.0305. The Labute approximate surface area is 84.2 Å². The first-order valence-electron chi connectivity index (χ1n) is 4.83. The maximum atomic E-state index is 10.4. The summed E-state index contributed by atoms with van der Waals surface area (Å²) in [4.78, 5) is 10.4. The highest BCUT2D eigenvalue weighted by atomic mass is 16.7. The lowest BCUT2D eigenvalue weighted by atomic mass is 9.94. The van der Waals surface area contributed by atoms with Gasteiger partial charge >= 0.3 is 5.97 Å². The van der Waals surface area contributed by atoms with Gasteiger partial charge in [0.2, 0.25) is 0 Å². The van der Waals surface area contributed by atoms with Crippen LogP contribution in [0.2, 0.25) is 0 Å². The number of hydrogen-bond acceptors (Lipinski definition) is 3. The molecule has 0 radical (unpaired) electrons. The molecule has 0 bridgehead atoms. The predicted octanol–water partition coefficient (Wildman–Crippen LogP) is 1.64. The molecule has 1 aliphatic heterocycles. The van der Waals surface area contributed by atoms with Crippen molar-refractivity contribution in [2.24, 2.45) is 5.41 Å². The van der Waals surface area contributed by atoms with Crippen molar-refractivity contribution in [3.8, 4) is 0 Å². The van der Waals surface area contributed by atoms with E-state index < -0.39 is 11.8 Å². The Bertz CT molecular complexity index is 212. The van der Waals surface area contributed by atoms with E-state index >= 15 is 0 Å². The summed E-state index contributed by atoms with van der Waals surface area (Å²) in [5, 5.41) is 8.55. The van der Waals surface area contributed by atoms with E-state index in [-0.39, 0.29) is 11.8 Å². The van der Waals surface area contributed by atoms with Gasteiger partial charge in [-0.3, -0.25) is 4.79 Å². The smallest absolute Gasteiger partial charge is 0.303 e. The number of hydrogen-bond donors (Lipinski definition) is 1. The van der Waals surface area contributed by atoms with Gasteiger partial charge in [0.05, 0.1) is 19.6 Å². The lowest BCUT2D eigenvalue weighted by Crippen LogP contribution is -2.45. The second kappa shape index (κ2) is 3.87. The third-order valence-electron chi connectivity index (χ3n) is 2.33. The van der Waals surface area contributed by atoms with Crippen molar-refractivity contribution in [1.82, 2.24) is 0 Å². The van der Waals surface area contributed by atoms with E-state index in [9.17, 15) is 4.79 Å². The molecule has 0 aromatic heterocycles. The summed E-state index contributed by atoms with van der Waals surface area (Å²) in [5.74, 6) is -1.53. The Hall–Kier alpha value is -0.610. The second-order valence-corrected chi connectivity index (χ2v) is 4.77. The third-order valence-corrected chi connectivity index (χ3v) is 2.33. The van der Waals surface area contributed by atoms with Gasteiger partial charge in [0.15, 0.2) is 5.79 Å². The molecule has 14 heavy (non-hydrogen) atoms. The second-order valence-electron chi connectivity index (χ2n) is 4.77. The molecule has 0 atom stereocenters. The van der Waals surface area contributed by atoms with Crippen molar-refractivity contribution in [3.63, 3.8) is 0 Å². The summed E-state index contributed by atoms with van der Waals surface area (Å²) in [6.07, 6.45) is 0.481. The van der Waals surface area contributed by atoms with Crippen LogP contribution in [0.15, 0.2) is 0 Å². The molecular formula is C10H18O4. The van der Waals surface area contributed by atoms with Crippen LogP contribution < -0.4 is 0 Å². The fourth-order valence-electron chi connectivity index (χ4n) is 1.26. The van der Waals surface area contributed by atoms with Gasteiger partial charge in [-0.1, -0.05) is 13.8 Å². The van der Waals surface area contributed by atoms with E-state index in [4.69, 9.17) is 14.6 Å². The average Bonchev–Trinajstić information content (AvgIpc) is 2.08. The largest absolute Gasteiger partial charge is 0.481 e. The molecule has 0 unspecified atom stereocenters. The Balaban J connectivity index is 2.41. The number of ether oxygens (including phenoxy) is 2. The van der Waals surface area contributed by atoms with Gasteiger partial charge in [-0.15, -0.1) is 0 Å². The molecule has 82 valence electrons. The molecule has 1 aliphatic rings. The monoisotopic (exact) mass is 202 g/mol. The van der Waals surface area contributed by atoms with Crippen LogP contribution in [0.5, 0.6) is 0 Å². The molecule has 1 rings (SSSR count). The minimum Gasteiger partial charge on any atom is -0.481 e. The van der Waals surface area contributed by atoms with Crippen molar-refractivity contribution < 1.29 is 19.4 Å². The lowest BCUT2D eigenvalue weighted by molar-refractivity contribution is -0.292. The molecule has 0 amide bonds. The van der Waals surface area contributed by atoms with Crippen LogP contribution in [0.25, 0.3) is 0 Å². The van der Waals surface area contributed by atoms with Gasteiger partial charge in [-0.05, 0) is 6.92 Å². The molecule has 0 saturated carbocycles. The highest BCUT2D eigenvalue weighted by Gasteiger charge is 2.36. The van der Waals surface area contributed by atoms with Crippen molar-refractivity contribution in [3.05, 3.63) is 0 Å². The molecule has 0 aromatic carbocycles. The summed E-state index contributed by atoms with van der Waals surface area (Å²) >= 11 is 0. The zero-order chi connectivity index (χ0) is 10.8. The zero-order valence-electron chi connectivity index (χ0n) is 9.00. The van der Waals surface area contributed by atoms with Crippen molar-refractivity contribution >= 4 is 5.97 Å². The van der Waals surface area contributed by atoms with E-state index in [0.29, 0.717) is 19.6 Å². The molecule has 4 heteroatoms. The summed E-state index contributed by atoms with van der Waals surface area (Å²) in [6.45, 7) is 7.14. The van der Waals surface area contributed by atoms with Gasteiger partial charge in [-0.25, -0.2) is 0 Å². The number of carboxylic acid groups (broad SMARTS) is 1. The van der Waals surface area contributed by atoms with Crippen LogP contribution in [0, 0.1) is 5.41 Å². The van der Waals surface area contributed by atoms with E-state index in [1.54, 1.807) is 6.92 Å². The number of carbonyl (C=O) groups is 1. The van der Waals surface area contributed by atoms with Crippen molar-refractivity contribution in [2.45, 2.75) is 39.4 Å². The first-order valence-corrected chi connectivity index (χ1v) is 4.83. The van der Waals surface area contributed by atoms with E-state index in [0.717, 1.165) is 0 Å². The van der Waals surface area contributed by atoms with Crippen LogP contribution in [0.1, 0.15) is 33.6 Å². The van der Waals surface area contributed by atoms with Crippen LogP contribution in [0.3, 0.4) is 0 Å². The average molecular weight is 202 g/mol. The first-order chi connectivity index (χ1) is 6.33. The predicted molar refractivity (Wildman–Crippen MR) is 51.0 cm³/mol. The van der Waals surface area contributed by atoms with Crippen LogP contribution in [0.4, 0.5) is 0 Å². The molecule has 0 aromatic rings. The van der Waals surface area contributed by atoms with Crippen molar-refractivity contribution in [2.75, 3.05) is 13.2 Å². The van der Waals surface area contributed by atoms with Gasteiger partial charge < -0.3 is 14.6 Å². The zero-order valence-corrected chi connectivity index (χ0v) is 9.00. The summed E-state index contributed by atoms with van der Waals surface area (Å²) in [7, 11) is 0. The lowest BCUT2D eigenvalue weighted by Gasteiger charge is -2.41. The maximum absolute atomic E-state index is 10.4. The normalized spacial score (nSPS) is 24.5. The number of rotatable bonds is 3. The van der Waals surface area contributed by atoms with Crippen LogP contribution in [-0.4, -0.2) is 30.1 Å². The fraction of sp³-hybridized carbons (Fsp3) is 0.900. The Morgan fingerprint density at radius 1 is 1.29 bits per heavy atom. The molecule has 1 fully saturated rings. The minimum absolute atomic E-state index is 0.0305. The first kappa shape index (κ1) is 11.5. The van der Waals surface area contributed by atoms with E-state index in [2.05, 4.69) is 13.8 Å². The molecule has 0 spiro atoms. The fourth-order valence-corrected chi connectivity index (χ4v) is 1.26. The Morgan fingerprint density at radius 2 is 1.79 bits per heavy atom. The van der Waals surface area contributed by atoms with Crippen molar-refractivity contribution in [1.29, 1.82) is 0 Å². The van der Waals surface area contributed by atoms with E-state index in [1.165, 1.54) is 0 Å². The molecule has 4 nitrogen and oxygen atoms in total. The van der Waals surface area contributed by atoms with Crippen LogP contribution in [-0.2, 0) is 14.3 Å². The number of aliphatic carboxylic acids is 1. The van der Waals surface area contributed by atoms with Gasteiger partial charge in [0.25, 0.3) is 0 Å². The maximum Gasteiger partial charge on any atom is 0.303 e.